The summed E-state index contributed by atoms with van der Waals surface area (Å²) in [5.74, 6) is 5.61. The van der Waals surface area contributed by atoms with Crippen molar-refractivity contribution >= 4 is 74.9 Å². The molecule has 0 aliphatic carbocycles. The van der Waals surface area contributed by atoms with Crippen molar-refractivity contribution in [1.82, 2.24) is 24.6 Å². The maximum absolute atomic E-state index is 13.3. The summed E-state index contributed by atoms with van der Waals surface area (Å²) in [5.41, 5.74) is 13.2. The Kier molecular flexibility index (Phi) is 14.5. The number of amides is 1. The molecule has 5 N–H and O–H groups in total. The summed E-state index contributed by atoms with van der Waals surface area (Å²) < 4.78 is 7.98. The van der Waals surface area contributed by atoms with E-state index in [1.165, 1.54) is 9.35 Å². The lowest BCUT2D eigenvalue weighted by atomic mass is 10.1. The third-order valence-corrected chi connectivity index (χ3v) is 8.21. The molecule has 0 saturated heterocycles. The molecule has 0 aliphatic heterocycles. The highest BCUT2D eigenvalue weighted by molar-refractivity contribution is 6.31. The Hall–Kier alpha value is -6.02. The van der Waals surface area contributed by atoms with Crippen molar-refractivity contribution in [2.24, 2.45) is 5.73 Å². The molecule has 2 atom stereocenters. The fourth-order valence-electron chi connectivity index (χ4n) is 5.33. The molecule has 56 heavy (non-hydrogen) atoms. The first-order chi connectivity index (χ1) is 26.3. The van der Waals surface area contributed by atoms with Crippen LogP contribution in [0.4, 0.5) is 16.2 Å². The van der Waals surface area contributed by atoms with E-state index in [9.17, 15) is 14.4 Å². The first-order valence-corrected chi connectivity index (χ1v) is 17.7. The molecule has 288 valence electrons. The second-order valence-corrected chi connectivity index (χ2v) is 14.0. The summed E-state index contributed by atoms with van der Waals surface area (Å²) in [6.07, 6.45) is 10.6. The fourth-order valence-corrected chi connectivity index (χ4v) is 5.66. The maximum Gasteiger partial charge on any atom is 0.408 e. The Bertz CT molecular complexity index is 2530. The van der Waals surface area contributed by atoms with Gasteiger partial charge in [-0.1, -0.05) is 59.6 Å². The van der Waals surface area contributed by atoms with Gasteiger partial charge in [0.15, 0.2) is 5.82 Å². The first kappa shape index (κ1) is 42.7. The highest BCUT2D eigenvalue weighted by atomic mass is 35.5. The molecule has 0 unspecified atom stereocenters. The number of hydrogen-bond acceptors (Lipinski definition) is 9. The number of nitrogens with zero attached hydrogens (tertiary/aromatic N) is 4. The van der Waals surface area contributed by atoms with Gasteiger partial charge in [-0.15, -0.1) is 37.1 Å². The number of nitrogens with two attached hydrogens (primary N) is 1. The van der Waals surface area contributed by atoms with Crippen molar-refractivity contribution in [3.8, 4) is 24.7 Å². The van der Waals surface area contributed by atoms with Crippen LogP contribution in [0.15, 0.2) is 107 Å². The molecule has 4 aromatic carbocycles. The smallest absolute Gasteiger partial charge is 0.408 e. The molecule has 0 saturated carbocycles. The quantitative estimate of drug-likeness (QED) is 0.107. The molecule has 6 aromatic rings. The molecular weight excluding hydrogens is 775 g/mol. The largest absolute Gasteiger partial charge is 0.444 e. The normalized spacial score (nSPS) is 11.8. The number of halogens is 3. The zero-order chi connectivity index (χ0) is 39.7. The summed E-state index contributed by atoms with van der Waals surface area (Å²) in [5, 5.41) is 4.47. The summed E-state index contributed by atoms with van der Waals surface area (Å²) >= 11 is 12.1. The van der Waals surface area contributed by atoms with Gasteiger partial charge in [0, 0.05) is 22.9 Å². The van der Waals surface area contributed by atoms with Crippen LogP contribution >= 0.6 is 35.6 Å². The molecule has 0 spiro atoms. The molecule has 0 fully saturated rings. The Morgan fingerprint density at radius 3 is 1.66 bits per heavy atom. The average Bonchev–Trinajstić information content (AvgIpc) is 3.14. The van der Waals surface area contributed by atoms with Crippen LogP contribution in [-0.4, -0.2) is 31.0 Å². The van der Waals surface area contributed by atoms with E-state index in [2.05, 4.69) is 38.0 Å². The lowest BCUT2D eigenvalue weighted by Gasteiger charge is -2.24. The predicted molar refractivity (Wildman–Crippen MR) is 226 cm³/mol. The molecule has 15 heteroatoms. The van der Waals surface area contributed by atoms with Crippen LogP contribution in [0.2, 0.25) is 10.0 Å². The SMILES string of the molecule is C#CC[C@@H](N)c1nc2cc(Cl)ccc2c(=O)n1Nc1ccccc1.C#CC[C@@H](NC(=O)OC(C)(C)C)c1nc2cc(Cl)ccc2c(=O)n1Nc1ccccc1.Cl. The second kappa shape index (κ2) is 19.0. The van der Waals surface area contributed by atoms with Crippen LogP contribution < -0.4 is 33.0 Å². The van der Waals surface area contributed by atoms with Gasteiger partial charge in [0.1, 0.15) is 17.5 Å². The molecule has 0 radical (unpaired) electrons. The topological polar surface area (TPSA) is 158 Å². The van der Waals surface area contributed by atoms with Gasteiger partial charge < -0.3 is 15.8 Å². The van der Waals surface area contributed by atoms with Crippen LogP contribution in [0.5, 0.6) is 0 Å². The third-order valence-electron chi connectivity index (χ3n) is 7.74. The number of anilines is 2. The van der Waals surface area contributed by atoms with E-state index in [4.69, 9.17) is 46.5 Å². The fraction of sp³-hybridized carbons (Fsp3) is 0.195. The predicted octanol–water partition coefficient (Wildman–Crippen LogP) is 7.88. The number of aromatic nitrogens is 4. The van der Waals surface area contributed by atoms with E-state index in [0.29, 0.717) is 43.4 Å². The minimum Gasteiger partial charge on any atom is -0.444 e. The first-order valence-electron chi connectivity index (χ1n) is 17.0. The van der Waals surface area contributed by atoms with Gasteiger partial charge in [-0.3, -0.25) is 20.4 Å². The number of terminal acetylenes is 2. The number of benzene rings is 4. The van der Waals surface area contributed by atoms with Crippen molar-refractivity contribution < 1.29 is 9.53 Å². The highest BCUT2D eigenvalue weighted by Gasteiger charge is 2.25. The Balaban J connectivity index is 0.000000252. The van der Waals surface area contributed by atoms with Gasteiger partial charge in [-0.2, -0.15) is 0 Å². The number of carbonyl (C=O) groups excluding carboxylic acids is 1. The van der Waals surface area contributed by atoms with Crippen LogP contribution in [0, 0.1) is 24.7 Å². The third kappa shape index (κ3) is 10.8. The molecule has 2 heterocycles. The van der Waals surface area contributed by atoms with E-state index in [1.807, 2.05) is 48.5 Å². The number of fused-ring (bicyclic) bond motifs is 2. The minimum atomic E-state index is -0.785. The van der Waals surface area contributed by atoms with Gasteiger partial charge in [0.2, 0.25) is 0 Å². The average molecular weight is 814 g/mol. The number of hydrogen-bond donors (Lipinski definition) is 4. The Labute approximate surface area is 339 Å². The van der Waals surface area contributed by atoms with E-state index in [-0.39, 0.29) is 42.2 Å². The molecule has 6 rings (SSSR count). The van der Waals surface area contributed by atoms with Crippen LogP contribution in [0.3, 0.4) is 0 Å². The van der Waals surface area contributed by atoms with E-state index in [1.54, 1.807) is 69.3 Å². The Morgan fingerprint density at radius 2 is 1.21 bits per heavy atom. The summed E-state index contributed by atoms with van der Waals surface area (Å²) in [7, 11) is 0. The van der Waals surface area contributed by atoms with Crippen molar-refractivity contribution in [3.63, 3.8) is 0 Å². The number of rotatable bonds is 9. The summed E-state index contributed by atoms with van der Waals surface area (Å²) in [4.78, 5) is 47.7. The lowest BCUT2D eigenvalue weighted by Crippen LogP contribution is -2.39. The number of carbonyl (C=O) groups is 1. The lowest BCUT2D eigenvalue weighted by molar-refractivity contribution is 0.0501. The highest BCUT2D eigenvalue weighted by Crippen LogP contribution is 2.22. The van der Waals surface area contributed by atoms with Gasteiger partial charge in [-0.25, -0.2) is 24.1 Å². The van der Waals surface area contributed by atoms with Gasteiger partial charge >= 0.3 is 6.09 Å². The number of alkyl carbamates (subject to hydrolysis) is 1. The monoisotopic (exact) mass is 812 g/mol. The van der Waals surface area contributed by atoms with Crippen molar-refractivity contribution in [2.75, 3.05) is 10.9 Å². The number of nitrogens with one attached hydrogen (secondary N) is 3. The van der Waals surface area contributed by atoms with Crippen molar-refractivity contribution in [1.29, 1.82) is 0 Å². The molecule has 12 nitrogen and oxygen atoms in total. The Morgan fingerprint density at radius 1 is 0.768 bits per heavy atom. The number of para-hydroxylation sites is 2. The van der Waals surface area contributed by atoms with E-state index < -0.39 is 23.8 Å². The van der Waals surface area contributed by atoms with Crippen LogP contribution in [-0.2, 0) is 4.74 Å². The summed E-state index contributed by atoms with van der Waals surface area (Å²) in [6, 6.07) is 26.8. The zero-order valence-corrected chi connectivity index (χ0v) is 33.0. The number of ether oxygens (including phenoxy) is 1. The zero-order valence-electron chi connectivity index (χ0n) is 30.6. The van der Waals surface area contributed by atoms with Crippen LogP contribution in [0.1, 0.15) is 57.3 Å². The molecular formula is C41H39Cl3N8O4. The van der Waals surface area contributed by atoms with E-state index >= 15 is 0 Å². The van der Waals surface area contributed by atoms with E-state index in [0.717, 1.165) is 5.69 Å². The van der Waals surface area contributed by atoms with Crippen LogP contribution in [0.25, 0.3) is 21.8 Å². The minimum absolute atomic E-state index is 0. The van der Waals surface area contributed by atoms with Gasteiger partial charge in [0.25, 0.3) is 11.1 Å². The standard InChI is InChI=1S/C23H23ClN4O3.C18H15ClN4O.ClH/c1-5-9-18(26-22(30)31-23(2,3)4)20-25-19-14-15(24)12-13-17(19)21(29)28(20)27-16-10-7-6-8-11-16;1-2-6-15(20)17-21-16-11-12(19)9-10-14(16)18(24)23(17)22-13-7-4-3-5-8-13;/h1,6-8,10-14,18,27H,9H2,2-4H3,(H,26,30);1,3-5,7-11,15,22H,6,20H2;1H/t18-;15-;/m11./s1. The molecule has 1 amide bonds. The molecule has 2 aromatic heterocycles. The molecule has 0 aliphatic rings. The second-order valence-electron chi connectivity index (χ2n) is 13.1. The van der Waals surface area contributed by atoms with Crippen molar-refractivity contribution in [2.45, 2.75) is 51.3 Å². The maximum atomic E-state index is 13.3. The van der Waals surface area contributed by atoms with Crippen molar-refractivity contribution in [3.05, 3.63) is 139 Å². The summed E-state index contributed by atoms with van der Waals surface area (Å²) in [6.45, 7) is 5.27. The van der Waals surface area contributed by atoms with Gasteiger partial charge in [-0.05, 0) is 81.4 Å². The molecule has 0 bridgehead atoms. The van der Waals surface area contributed by atoms with Gasteiger partial charge in [0.05, 0.1) is 39.2 Å².